The molecule has 146 valence electrons. The highest BCUT2D eigenvalue weighted by Gasteiger charge is 2.32. The first-order valence-corrected chi connectivity index (χ1v) is 10.0. The van der Waals surface area contributed by atoms with Crippen LogP contribution in [0, 0.1) is 5.82 Å². The summed E-state index contributed by atoms with van der Waals surface area (Å²) in [6.07, 6.45) is 3.26. The van der Waals surface area contributed by atoms with Crippen LogP contribution in [-0.4, -0.2) is 9.97 Å². The molecule has 1 aliphatic heterocycles. The van der Waals surface area contributed by atoms with Crippen LogP contribution in [0.15, 0.2) is 85.2 Å². The lowest BCUT2D eigenvalue weighted by atomic mass is 10.00. The molecule has 0 saturated carbocycles. The third kappa shape index (κ3) is 2.12. The first-order valence-electron chi connectivity index (χ1n) is 10.0. The molecule has 2 heterocycles. The first-order chi connectivity index (χ1) is 15.3. The van der Waals surface area contributed by atoms with Gasteiger partial charge in [0.05, 0.1) is 22.8 Å². The molecular formula is C26H14FN3O. The molecule has 0 saturated heterocycles. The number of rotatable bonds is 1. The average Bonchev–Trinajstić information content (AvgIpc) is 3.16. The van der Waals surface area contributed by atoms with Crippen molar-refractivity contribution in [2.75, 3.05) is 4.90 Å². The standard InChI is InChI=1S/C26H14FN3O/c27-17-14-20(15-6-5-7-16-23(15)24(17)26-25(16)28-12-13-29-26)30-18-8-1-3-10-21(18)31-22-11-4-2-9-19(22)30/h1-14H. The van der Waals surface area contributed by atoms with E-state index in [-0.39, 0.29) is 5.82 Å². The molecule has 1 aromatic heterocycles. The second-order valence-corrected chi connectivity index (χ2v) is 7.61. The van der Waals surface area contributed by atoms with E-state index in [0.29, 0.717) is 11.3 Å². The summed E-state index contributed by atoms with van der Waals surface area (Å²) in [5.74, 6) is 1.16. The fourth-order valence-electron chi connectivity index (χ4n) is 4.72. The lowest BCUT2D eigenvalue weighted by Crippen LogP contribution is -2.16. The summed E-state index contributed by atoms with van der Waals surface area (Å²) in [7, 11) is 0. The van der Waals surface area contributed by atoms with E-state index in [4.69, 9.17) is 4.74 Å². The number of para-hydroxylation sites is 4. The van der Waals surface area contributed by atoms with Crippen molar-refractivity contribution < 1.29 is 9.13 Å². The van der Waals surface area contributed by atoms with Gasteiger partial charge in [0.15, 0.2) is 11.5 Å². The number of hydrogen-bond donors (Lipinski definition) is 0. The van der Waals surface area contributed by atoms with Crippen LogP contribution in [0.3, 0.4) is 0 Å². The van der Waals surface area contributed by atoms with Crippen molar-refractivity contribution in [1.29, 1.82) is 0 Å². The highest BCUT2D eigenvalue weighted by molar-refractivity contribution is 6.18. The number of fused-ring (bicyclic) bond motifs is 5. The maximum Gasteiger partial charge on any atom is 0.151 e. The molecule has 0 bridgehead atoms. The first kappa shape index (κ1) is 16.5. The molecule has 0 N–H and O–H groups in total. The summed E-state index contributed by atoms with van der Waals surface area (Å²) in [6.45, 7) is 0. The molecule has 5 heteroatoms. The van der Waals surface area contributed by atoms with Gasteiger partial charge in [-0.1, -0.05) is 42.5 Å². The minimum Gasteiger partial charge on any atom is -0.453 e. The van der Waals surface area contributed by atoms with Crippen LogP contribution in [0.4, 0.5) is 21.5 Å². The zero-order valence-electron chi connectivity index (χ0n) is 16.2. The molecule has 1 aliphatic carbocycles. The van der Waals surface area contributed by atoms with Crippen molar-refractivity contribution in [2.45, 2.75) is 0 Å². The Bertz CT molecular complexity index is 1500. The quantitative estimate of drug-likeness (QED) is 0.296. The van der Waals surface area contributed by atoms with Crippen LogP contribution in [0.2, 0.25) is 0 Å². The van der Waals surface area contributed by atoms with E-state index in [2.05, 4.69) is 14.9 Å². The number of nitrogens with zero attached hydrogens (tertiary/aromatic N) is 3. The predicted molar refractivity (Wildman–Crippen MR) is 119 cm³/mol. The Balaban J connectivity index is 1.60. The molecule has 0 atom stereocenters. The second kappa shape index (κ2) is 5.89. The van der Waals surface area contributed by atoms with Crippen molar-refractivity contribution in [3.63, 3.8) is 0 Å². The largest absolute Gasteiger partial charge is 0.453 e. The number of aromatic nitrogens is 2. The lowest BCUT2D eigenvalue weighted by molar-refractivity contribution is 0.477. The van der Waals surface area contributed by atoms with Crippen LogP contribution in [-0.2, 0) is 0 Å². The van der Waals surface area contributed by atoms with Crippen molar-refractivity contribution in [3.05, 3.63) is 91.0 Å². The zero-order chi connectivity index (χ0) is 20.5. The maximum absolute atomic E-state index is 15.7. The van der Waals surface area contributed by atoms with Gasteiger partial charge in [-0.25, -0.2) is 4.39 Å². The maximum atomic E-state index is 15.7. The Morgan fingerprint density at radius 3 is 2.13 bits per heavy atom. The molecule has 31 heavy (non-hydrogen) atoms. The third-order valence-electron chi connectivity index (χ3n) is 5.96. The van der Waals surface area contributed by atoms with Gasteiger partial charge in [0.2, 0.25) is 0 Å². The number of ether oxygens (including phenoxy) is 1. The smallest absolute Gasteiger partial charge is 0.151 e. The molecule has 0 unspecified atom stereocenters. The second-order valence-electron chi connectivity index (χ2n) is 7.61. The summed E-state index contributed by atoms with van der Waals surface area (Å²) in [6, 6.07) is 23.2. The molecule has 2 aliphatic rings. The number of benzene rings is 4. The Hall–Kier alpha value is -4.25. The van der Waals surface area contributed by atoms with Crippen LogP contribution >= 0.6 is 0 Å². The average molecular weight is 403 g/mol. The fraction of sp³-hybridized carbons (Fsp3) is 0. The van der Waals surface area contributed by atoms with E-state index in [0.717, 1.165) is 50.6 Å². The highest BCUT2D eigenvalue weighted by Crippen LogP contribution is 2.54. The molecule has 7 rings (SSSR count). The van der Waals surface area contributed by atoms with Crippen molar-refractivity contribution in [2.24, 2.45) is 0 Å². The van der Waals surface area contributed by atoms with Crippen molar-refractivity contribution >= 4 is 27.8 Å². The van der Waals surface area contributed by atoms with Gasteiger partial charge >= 0.3 is 0 Å². The monoisotopic (exact) mass is 403 g/mol. The summed E-state index contributed by atoms with van der Waals surface area (Å²) >= 11 is 0. The van der Waals surface area contributed by atoms with Gasteiger partial charge in [-0.15, -0.1) is 0 Å². The highest BCUT2D eigenvalue weighted by atomic mass is 19.1. The molecule has 4 aromatic carbocycles. The van der Waals surface area contributed by atoms with Gasteiger partial charge in [0, 0.05) is 34.3 Å². The third-order valence-corrected chi connectivity index (χ3v) is 5.96. The molecule has 4 nitrogen and oxygen atoms in total. The van der Waals surface area contributed by atoms with Gasteiger partial charge in [-0.3, -0.25) is 9.97 Å². The van der Waals surface area contributed by atoms with Gasteiger partial charge in [-0.05, 0) is 30.3 Å². The van der Waals surface area contributed by atoms with Gasteiger partial charge < -0.3 is 9.64 Å². The van der Waals surface area contributed by atoms with E-state index in [1.54, 1.807) is 18.5 Å². The molecular weight excluding hydrogens is 389 g/mol. The van der Waals surface area contributed by atoms with Gasteiger partial charge in [0.25, 0.3) is 0 Å². The van der Waals surface area contributed by atoms with Crippen molar-refractivity contribution in [1.82, 2.24) is 9.97 Å². The molecule has 0 spiro atoms. The zero-order valence-corrected chi connectivity index (χ0v) is 16.2. The van der Waals surface area contributed by atoms with E-state index >= 15 is 4.39 Å². The Morgan fingerprint density at radius 2 is 1.39 bits per heavy atom. The predicted octanol–water partition coefficient (Wildman–Crippen LogP) is 6.99. The minimum atomic E-state index is -0.310. The van der Waals surface area contributed by atoms with E-state index in [1.165, 1.54) is 0 Å². The number of halogens is 1. The molecule has 0 fully saturated rings. The van der Waals surface area contributed by atoms with E-state index < -0.39 is 0 Å². The van der Waals surface area contributed by atoms with Crippen LogP contribution < -0.4 is 9.64 Å². The number of hydrogen-bond acceptors (Lipinski definition) is 4. The van der Waals surface area contributed by atoms with E-state index in [9.17, 15) is 0 Å². The molecule has 0 radical (unpaired) electrons. The van der Waals surface area contributed by atoms with E-state index in [1.807, 2.05) is 66.7 Å². The van der Waals surface area contributed by atoms with Gasteiger partial charge in [-0.2, -0.15) is 0 Å². The van der Waals surface area contributed by atoms with Crippen molar-refractivity contribution in [3.8, 4) is 34.0 Å². The molecule has 5 aromatic rings. The van der Waals surface area contributed by atoms with Crippen LogP contribution in [0.25, 0.3) is 33.3 Å². The minimum absolute atomic E-state index is 0.310. The topological polar surface area (TPSA) is 38.2 Å². The van der Waals surface area contributed by atoms with Crippen LogP contribution in [0.1, 0.15) is 0 Å². The normalized spacial score (nSPS) is 12.9. The van der Waals surface area contributed by atoms with Gasteiger partial charge in [0.1, 0.15) is 11.5 Å². The summed E-state index contributed by atoms with van der Waals surface area (Å²) < 4.78 is 21.8. The SMILES string of the molecule is Fc1cc(N2c3ccccc3Oc3ccccc32)c2cccc3c2c1-c1nccnc1-3. The summed E-state index contributed by atoms with van der Waals surface area (Å²) in [5.41, 5.74) is 5.25. The Kier molecular flexibility index (Phi) is 3.14. The number of anilines is 3. The Labute approximate surface area is 177 Å². The lowest BCUT2D eigenvalue weighted by Gasteiger charge is -2.33. The Morgan fingerprint density at radius 1 is 0.710 bits per heavy atom. The van der Waals surface area contributed by atoms with Crippen LogP contribution in [0.5, 0.6) is 11.5 Å². The summed E-state index contributed by atoms with van der Waals surface area (Å²) in [4.78, 5) is 11.0. The fourth-order valence-corrected chi connectivity index (χ4v) is 4.72. The summed E-state index contributed by atoms with van der Waals surface area (Å²) in [5, 5.41) is 1.79. The molecule has 0 amide bonds.